The zero-order valence-corrected chi connectivity index (χ0v) is 13.5. The normalized spacial score (nSPS) is 10.7. The van der Waals surface area contributed by atoms with Crippen LogP contribution in [0.5, 0.6) is 0 Å². The molecule has 2 aromatic carbocycles. The summed E-state index contributed by atoms with van der Waals surface area (Å²) in [6, 6.07) is 17.7. The van der Waals surface area contributed by atoms with Crippen LogP contribution in [0.4, 0.5) is 0 Å². The van der Waals surface area contributed by atoms with Crippen LogP contribution in [0.3, 0.4) is 0 Å². The molecule has 0 N–H and O–H groups in total. The minimum absolute atomic E-state index is 0. The van der Waals surface area contributed by atoms with Crippen molar-refractivity contribution < 1.29 is 4.79 Å². The lowest BCUT2D eigenvalue weighted by molar-refractivity contribution is 0.108. The summed E-state index contributed by atoms with van der Waals surface area (Å²) in [6.07, 6.45) is 3.53. The van der Waals surface area contributed by atoms with Gasteiger partial charge in [-0.3, -0.25) is 9.36 Å². The molecule has 0 aliphatic heterocycles. The lowest BCUT2D eigenvalue weighted by Crippen LogP contribution is -1.97. The standard InChI is InChI=1S/C18H11ClN2O.ClH/c19-17(22)15-11-21(16-8-4-3-7-14(15)16)18-13-6-2-1-5-12(13)9-10-20-18;/h1-11H;1H. The number of benzene rings is 2. The maximum atomic E-state index is 11.7. The van der Waals surface area contributed by atoms with Crippen molar-refractivity contribution in [3.63, 3.8) is 0 Å². The van der Waals surface area contributed by atoms with E-state index in [1.807, 2.05) is 59.2 Å². The van der Waals surface area contributed by atoms with Crippen molar-refractivity contribution in [3.05, 3.63) is 72.6 Å². The van der Waals surface area contributed by atoms with Gasteiger partial charge in [0.15, 0.2) is 0 Å². The molecule has 2 heterocycles. The van der Waals surface area contributed by atoms with Crippen molar-refractivity contribution in [3.8, 4) is 5.82 Å². The summed E-state index contributed by atoms with van der Waals surface area (Å²) in [5.74, 6) is 0.790. The Morgan fingerprint density at radius 3 is 2.43 bits per heavy atom. The van der Waals surface area contributed by atoms with Gasteiger partial charge in [-0.25, -0.2) is 4.98 Å². The quantitative estimate of drug-likeness (QED) is 0.481. The van der Waals surface area contributed by atoms with Crippen LogP contribution in [0.2, 0.25) is 0 Å². The van der Waals surface area contributed by atoms with Gasteiger partial charge in [-0.05, 0) is 29.1 Å². The Morgan fingerprint density at radius 2 is 1.65 bits per heavy atom. The largest absolute Gasteiger partial charge is 0.300 e. The Hall–Kier alpha value is -2.36. The van der Waals surface area contributed by atoms with E-state index in [4.69, 9.17) is 11.6 Å². The topological polar surface area (TPSA) is 34.9 Å². The van der Waals surface area contributed by atoms with Crippen LogP contribution in [-0.4, -0.2) is 14.8 Å². The molecular weight excluding hydrogens is 331 g/mol. The van der Waals surface area contributed by atoms with E-state index in [0.717, 1.165) is 27.5 Å². The van der Waals surface area contributed by atoms with Crippen LogP contribution in [0.25, 0.3) is 27.5 Å². The van der Waals surface area contributed by atoms with E-state index < -0.39 is 5.24 Å². The van der Waals surface area contributed by atoms with Crippen LogP contribution < -0.4 is 0 Å². The molecule has 0 spiro atoms. The SMILES string of the molecule is Cl.O=C(Cl)c1cn(-c2nccc3ccccc23)c2ccccc12. The number of rotatable bonds is 2. The third kappa shape index (κ3) is 2.48. The van der Waals surface area contributed by atoms with Crippen LogP contribution in [0.15, 0.2) is 67.0 Å². The molecule has 3 nitrogen and oxygen atoms in total. The molecule has 0 aliphatic rings. The van der Waals surface area contributed by atoms with Crippen molar-refractivity contribution in [2.75, 3.05) is 0 Å². The number of aromatic nitrogens is 2. The number of nitrogens with zero attached hydrogens (tertiary/aromatic N) is 2. The highest BCUT2D eigenvalue weighted by Gasteiger charge is 2.15. The van der Waals surface area contributed by atoms with Gasteiger partial charge in [0.2, 0.25) is 0 Å². The molecule has 0 fully saturated rings. The van der Waals surface area contributed by atoms with Crippen LogP contribution in [-0.2, 0) is 0 Å². The zero-order chi connectivity index (χ0) is 15.1. The molecule has 0 radical (unpaired) electrons. The molecular formula is C18H12Cl2N2O. The smallest absolute Gasteiger partial charge is 0.254 e. The van der Waals surface area contributed by atoms with Gasteiger partial charge in [-0.2, -0.15) is 0 Å². The third-order valence-electron chi connectivity index (χ3n) is 3.80. The van der Waals surface area contributed by atoms with E-state index in [1.165, 1.54) is 0 Å². The van der Waals surface area contributed by atoms with Gasteiger partial charge >= 0.3 is 0 Å². The number of pyridine rings is 1. The van der Waals surface area contributed by atoms with Crippen molar-refractivity contribution in [2.45, 2.75) is 0 Å². The van der Waals surface area contributed by atoms with E-state index in [2.05, 4.69) is 4.98 Å². The number of para-hydroxylation sites is 1. The summed E-state index contributed by atoms with van der Waals surface area (Å²) >= 11 is 5.73. The number of hydrogen-bond acceptors (Lipinski definition) is 2. The molecule has 4 aromatic rings. The first-order valence-electron chi connectivity index (χ1n) is 6.90. The average molecular weight is 343 g/mol. The second-order valence-corrected chi connectivity index (χ2v) is 5.40. The Balaban J connectivity index is 0.00000156. The molecule has 4 rings (SSSR count). The lowest BCUT2D eigenvalue weighted by atomic mass is 10.1. The third-order valence-corrected chi connectivity index (χ3v) is 4.01. The van der Waals surface area contributed by atoms with Gasteiger partial charge in [0.25, 0.3) is 5.24 Å². The minimum atomic E-state index is -0.463. The summed E-state index contributed by atoms with van der Waals surface area (Å²) in [5.41, 5.74) is 1.40. The number of carbonyl (C=O) groups is 1. The van der Waals surface area contributed by atoms with Crippen molar-refractivity contribution >= 4 is 50.9 Å². The molecule has 0 saturated carbocycles. The van der Waals surface area contributed by atoms with Crippen LogP contribution in [0, 0.1) is 0 Å². The molecule has 5 heteroatoms. The number of carbonyl (C=O) groups excluding carboxylic acids is 1. The highest BCUT2D eigenvalue weighted by molar-refractivity contribution is 6.68. The van der Waals surface area contributed by atoms with Crippen molar-refractivity contribution in [2.24, 2.45) is 0 Å². The second kappa shape index (κ2) is 6.03. The Labute approximate surface area is 143 Å². The van der Waals surface area contributed by atoms with Gasteiger partial charge in [0.1, 0.15) is 5.82 Å². The van der Waals surface area contributed by atoms with Gasteiger partial charge < -0.3 is 0 Å². The molecule has 0 bridgehead atoms. The van der Waals surface area contributed by atoms with E-state index in [0.29, 0.717) is 5.56 Å². The summed E-state index contributed by atoms with van der Waals surface area (Å²) in [5, 5.41) is 2.50. The number of fused-ring (bicyclic) bond motifs is 2. The van der Waals surface area contributed by atoms with Crippen molar-refractivity contribution in [1.29, 1.82) is 0 Å². The van der Waals surface area contributed by atoms with Crippen LogP contribution in [0.1, 0.15) is 10.4 Å². The Bertz CT molecular complexity index is 1020. The van der Waals surface area contributed by atoms with E-state index in [-0.39, 0.29) is 12.4 Å². The minimum Gasteiger partial charge on any atom is -0.300 e. The molecule has 0 atom stereocenters. The van der Waals surface area contributed by atoms with E-state index in [9.17, 15) is 4.79 Å². The lowest BCUT2D eigenvalue weighted by Gasteiger charge is -2.08. The highest BCUT2D eigenvalue weighted by atomic mass is 35.5. The maximum absolute atomic E-state index is 11.7. The summed E-state index contributed by atoms with van der Waals surface area (Å²) in [7, 11) is 0. The summed E-state index contributed by atoms with van der Waals surface area (Å²) in [4.78, 5) is 16.2. The maximum Gasteiger partial charge on any atom is 0.254 e. The first kappa shape index (κ1) is 15.5. The molecule has 23 heavy (non-hydrogen) atoms. The fraction of sp³-hybridized carbons (Fsp3) is 0. The molecule has 0 saturated heterocycles. The van der Waals surface area contributed by atoms with Gasteiger partial charge in [-0.15, -0.1) is 12.4 Å². The van der Waals surface area contributed by atoms with Gasteiger partial charge in [0.05, 0.1) is 11.1 Å². The summed E-state index contributed by atoms with van der Waals surface area (Å²) < 4.78 is 1.92. The van der Waals surface area contributed by atoms with E-state index >= 15 is 0 Å². The molecule has 0 amide bonds. The fourth-order valence-corrected chi connectivity index (χ4v) is 2.96. The molecule has 0 aliphatic carbocycles. The summed E-state index contributed by atoms with van der Waals surface area (Å²) in [6.45, 7) is 0. The molecule has 114 valence electrons. The monoisotopic (exact) mass is 342 g/mol. The first-order valence-corrected chi connectivity index (χ1v) is 7.27. The Morgan fingerprint density at radius 1 is 0.957 bits per heavy atom. The molecule has 0 unspecified atom stereocenters. The van der Waals surface area contributed by atoms with Crippen molar-refractivity contribution in [1.82, 2.24) is 9.55 Å². The molecule has 2 aromatic heterocycles. The predicted molar refractivity (Wildman–Crippen MR) is 96.0 cm³/mol. The first-order chi connectivity index (χ1) is 10.8. The van der Waals surface area contributed by atoms with Crippen LogP contribution >= 0.6 is 24.0 Å². The second-order valence-electron chi connectivity index (χ2n) is 5.06. The fourth-order valence-electron chi connectivity index (χ4n) is 2.81. The van der Waals surface area contributed by atoms with Gasteiger partial charge in [0, 0.05) is 23.2 Å². The number of hydrogen-bond donors (Lipinski definition) is 0. The number of halogens is 2. The predicted octanol–water partition coefficient (Wildman–Crippen LogP) is 4.98. The highest BCUT2D eigenvalue weighted by Crippen LogP contribution is 2.28. The zero-order valence-electron chi connectivity index (χ0n) is 11.9. The van der Waals surface area contributed by atoms with E-state index in [1.54, 1.807) is 12.4 Å². The van der Waals surface area contributed by atoms with Gasteiger partial charge in [-0.1, -0.05) is 42.5 Å². The Kier molecular flexibility index (Phi) is 4.07. The average Bonchev–Trinajstić information content (AvgIpc) is 2.94.